The molecule has 0 aliphatic carbocycles. The van der Waals surface area contributed by atoms with Gasteiger partial charge in [0.2, 0.25) is 5.91 Å². The van der Waals surface area contributed by atoms with E-state index in [9.17, 15) is 4.79 Å². The van der Waals surface area contributed by atoms with Crippen LogP contribution in [0.2, 0.25) is 0 Å². The maximum absolute atomic E-state index is 12.3. The first-order valence-electron chi connectivity index (χ1n) is 8.07. The van der Waals surface area contributed by atoms with Crippen LogP contribution in [0.3, 0.4) is 0 Å². The van der Waals surface area contributed by atoms with E-state index >= 15 is 0 Å². The third-order valence-corrected chi connectivity index (χ3v) is 4.42. The number of ether oxygens (including phenoxy) is 1. The SMILES string of the molecule is O=C(CNC1CCOc2ccccc21)N1CCCCCC1. The average molecular weight is 288 g/mol. The van der Waals surface area contributed by atoms with Crippen molar-refractivity contribution in [3.63, 3.8) is 0 Å². The zero-order valence-electron chi connectivity index (χ0n) is 12.5. The Labute approximate surface area is 126 Å². The van der Waals surface area contributed by atoms with Crippen molar-refractivity contribution >= 4 is 5.91 Å². The minimum absolute atomic E-state index is 0.228. The number of para-hydroxylation sites is 1. The highest BCUT2D eigenvalue weighted by Crippen LogP contribution is 2.31. The van der Waals surface area contributed by atoms with Gasteiger partial charge >= 0.3 is 0 Å². The van der Waals surface area contributed by atoms with E-state index in [0.717, 1.165) is 38.1 Å². The second kappa shape index (κ2) is 6.94. The highest BCUT2D eigenvalue weighted by molar-refractivity contribution is 5.78. The first-order valence-corrected chi connectivity index (χ1v) is 8.07. The zero-order valence-corrected chi connectivity index (χ0v) is 12.5. The van der Waals surface area contributed by atoms with Crippen LogP contribution in [0.5, 0.6) is 5.75 Å². The number of amides is 1. The highest BCUT2D eigenvalue weighted by Gasteiger charge is 2.22. The molecule has 114 valence electrons. The summed E-state index contributed by atoms with van der Waals surface area (Å²) in [5, 5.41) is 3.42. The van der Waals surface area contributed by atoms with Gasteiger partial charge in [0.15, 0.2) is 0 Å². The Hall–Kier alpha value is -1.55. The second-order valence-corrected chi connectivity index (χ2v) is 5.90. The smallest absolute Gasteiger partial charge is 0.236 e. The second-order valence-electron chi connectivity index (χ2n) is 5.90. The Morgan fingerprint density at radius 2 is 1.95 bits per heavy atom. The lowest BCUT2D eigenvalue weighted by molar-refractivity contribution is -0.130. The van der Waals surface area contributed by atoms with Crippen molar-refractivity contribution in [3.05, 3.63) is 29.8 Å². The number of benzene rings is 1. The van der Waals surface area contributed by atoms with Gasteiger partial charge in [0.25, 0.3) is 0 Å². The Kier molecular flexibility index (Phi) is 4.76. The molecule has 3 rings (SSSR count). The number of rotatable bonds is 3. The molecule has 1 unspecified atom stereocenters. The molecule has 2 aliphatic rings. The number of hydrogen-bond donors (Lipinski definition) is 1. The highest BCUT2D eigenvalue weighted by atomic mass is 16.5. The van der Waals surface area contributed by atoms with Gasteiger partial charge in [-0.25, -0.2) is 0 Å². The predicted octanol–water partition coefficient (Wildman–Crippen LogP) is 2.50. The molecular weight excluding hydrogens is 264 g/mol. The van der Waals surface area contributed by atoms with Crippen LogP contribution in [-0.4, -0.2) is 37.0 Å². The topological polar surface area (TPSA) is 41.6 Å². The Morgan fingerprint density at radius 3 is 2.76 bits per heavy atom. The van der Waals surface area contributed by atoms with Gasteiger partial charge in [-0.3, -0.25) is 4.79 Å². The quantitative estimate of drug-likeness (QED) is 0.929. The fourth-order valence-corrected chi connectivity index (χ4v) is 3.20. The standard InChI is InChI=1S/C17H24N2O2/c20-17(19-10-5-1-2-6-11-19)13-18-15-9-12-21-16-8-4-3-7-14(15)16/h3-4,7-8,15,18H,1-2,5-6,9-13H2. The molecule has 0 saturated carbocycles. The molecular formula is C17H24N2O2. The maximum atomic E-state index is 12.3. The molecule has 0 aromatic heterocycles. The number of fused-ring (bicyclic) bond motifs is 1. The summed E-state index contributed by atoms with van der Waals surface area (Å²) in [5.74, 6) is 1.18. The number of carbonyl (C=O) groups is 1. The lowest BCUT2D eigenvalue weighted by Gasteiger charge is -2.28. The molecule has 4 nitrogen and oxygen atoms in total. The number of nitrogens with one attached hydrogen (secondary N) is 1. The summed E-state index contributed by atoms with van der Waals surface area (Å²) in [4.78, 5) is 14.4. The van der Waals surface area contributed by atoms with Gasteiger partial charge in [0, 0.05) is 31.1 Å². The normalized spacial score (nSPS) is 22.1. The first kappa shape index (κ1) is 14.4. The monoisotopic (exact) mass is 288 g/mol. The molecule has 21 heavy (non-hydrogen) atoms. The van der Waals surface area contributed by atoms with Crippen LogP contribution >= 0.6 is 0 Å². The summed E-state index contributed by atoms with van der Waals surface area (Å²) in [5.41, 5.74) is 1.17. The van der Waals surface area contributed by atoms with Crippen molar-refractivity contribution < 1.29 is 9.53 Å². The lowest BCUT2D eigenvalue weighted by Crippen LogP contribution is -2.40. The Bertz CT molecular complexity index is 481. The molecule has 1 amide bonds. The minimum Gasteiger partial charge on any atom is -0.493 e. The third-order valence-electron chi connectivity index (χ3n) is 4.42. The molecule has 0 spiro atoms. The number of hydrogen-bond acceptors (Lipinski definition) is 3. The molecule has 1 fully saturated rings. The van der Waals surface area contributed by atoms with E-state index in [1.165, 1.54) is 18.4 Å². The molecule has 1 N–H and O–H groups in total. The van der Waals surface area contributed by atoms with Crippen molar-refractivity contribution in [1.82, 2.24) is 10.2 Å². The molecule has 1 aromatic carbocycles. The maximum Gasteiger partial charge on any atom is 0.236 e. The largest absolute Gasteiger partial charge is 0.493 e. The summed E-state index contributed by atoms with van der Waals surface area (Å²) in [6.07, 6.45) is 5.72. The molecule has 1 aromatic rings. The van der Waals surface area contributed by atoms with E-state index in [1.54, 1.807) is 0 Å². The van der Waals surface area contributed by atoms with Crippen LogP contribution in [0.4, 0.5) is 0 Å². The van der Waals surface area contributed by atoms with E-state index in [2.05, 4.69) is 11.4 Å². The van der Waals surface area contributed by atoms with Gasteiger partial charge < -0.3 is 15.0 Å². The van der Waals surface area contributed by atoms with E-state index in [-0.39, 0.29) is 11.9 Å². The van der Waals surface area contributed by atoms with E-state index in [4.69, 9.17) is 4.74 Å². The number of nitrogens with zero attached hydrogens (tertiary/aromatic N) is 1. The molecule has 1 saturated heterocycles. The number of likely N-dealkylation sites (tertiary alicyclic amines) is 1. The zero-order chi connectivity index (χ0) is 14.5. The fraction of sp³-hybridized carbons (Fsp3) is 0.588. The van der Waals surface area contributed by atoms with Gasteiger partial charge in [0.1, 0.15) is 5.75 Å². The predicted molar refractivity (Wildman–Crippen MR) is 82.3 cm³/mol. The average Bonchev–Trinajstić information content (AvgIpc) is 2.82. The Morgan fingerprint density at radius 1 is 1.19 bits per heavy atom. The van der Waals surface area contributed by atoms with Crippen LogP contribution in [0.1, 0.15) is 43.7 Å². The summed E-state index contributed by atoms with van der Waals surface area (Å²) < 4.78 is 5.66. The van der Waals surface area contributed by atoms with Crippen LogP contribution < -0.4 is 10.1 Å². The molecule has 0 bridgehead atoms. The first-order chi connectivity index (χ1) is 10.3. The molecule has 4 heteroatoms. The van der Waals surface area contributed by atoms with Gasteiger partial charge in [-0.2, -0.15) is 0 Å². The van der Waals surface area contributed by atoms with Crippen LogP contribution in [-0.2, 0) is 4.79 Å². The van der Waals surface area contributed by atoms with Crippen LogP contribution in [0.25, 0.3) is 0 Å². The van der Waals surface area contributed by atoms with Gasteiger partial charge in [-0.1, -0.05) is 31.0 Å². The fourth-order valence-electron chi connectivity index (χ4n) is 3.20. The van der Waals surface area contributed by atoms with Crippen molar-refractivity contribution in [3.8, 4) is 5.75 Å². The Balaban J connectivity index is 1.56. The molecule has 2 aliphatic heterocycles. The van der Waals surface area contributed by atoms with Crippen LogP contribution in [0.15, 0.2) is 24.3 Å². The van der Waals surface area contributed by atoms with E-state index < -0.39 is 0 Å². The van der Waals surface area contributed by atoms with E-state index in [0.29, 0.717) is 13.2 Å². The molecule has 2 heterocycles. The summed E-state index contributed by atoms with van der Waals surface area (Å²) >= 11 is 0. The minimum atomic E-state index is 0.228. The number of carbonyl (C=O) groups excluding carboxylic acids is 1. The summed E-state index contributed by atoms with van der Waals surface area (Å²) in [6, 6.07) is 8.33. The van der Waals surface area contributed by atoms with Crippen molar-refractivity contribution in [2.24, 2.45) is 0 Å². The van der Waals surface area contributed by atoms with Gasteiger partial charge in [0.05, 0.1) is 13.2 Å². The van der Waals surface area contributed by atoms with Crippen molar-refractivity contribution in [2.75, 3.05) is 26.2 Å². The van der Waals surface area contributed by atoms with Crippen molar-refractivity contribution in [2.45, 2.75) is 38.1 Å². The third kappa shape index (κ3) is 3.56. The van der Waals surface area contributed by atoms with Crippen molar-refractivity contribution in [1.29, 1.82) is 0 Å². The van der Waals surface area contributed by atoms with Crippen LogP contribution in [0, 0.1) is 0 Å². The molecule has 1 atom stereocenters. The lowest BCUT2D eigenvalue weighted by atomic mass is 10.0. The van der Waals surface area contributed by atoms with Gasteiger partial charge in [-0.05, 0) is 18.9 Å². The van der Waals surface area contributed by atoms with Gasteiger partial charge in [-0.15, -0.1) is 0 Å². The van der Waals surface area contributed by atoms with E-state index in [1.807, 2.05) is 23.1 Å². The summed E-state index contributed by atoms with van der Waals surface area (Å²) in [6.45, 7) is 2.99. The molecule has 0 radical (unpaired) electrons. The summed E-state index contributed by atoms with van der Waals surface area (Å²) in [7, 11) is 0.